The summed E-state index contributed by atoms with van der Waals surface area (Å²) in [5.41, 5.74) is 1.26. The number of rotatable bonds is 4. The number of nitrogens with one attached hydrogen (secondary N) is 1. The number of aromatic carboxylic acids is 1. The van der Waals surface area contributed by atoms with Crippen molar-refractivity contribution in [2.24, 2.45) is 5.92 Å². The molecule has 2 atom stereocenters. The van der Waals surface area contributed by atoms with Crippen molar-refractivity contribution in [2.75, 3.05) is 0 Å². The van der Waals surface area contributed by atoms with Gasteiger partial charge in [0.15, 0.2) is 0 Å². The fourth-order valence-electron chi connectivity index (χ4n) is 2.81. The molecule has 0 amide bonds. The van der Waals surface area contributed by atoms with Crippen LogP contribution < -0.4 is 4.72 Å². The molecule has 2 rings (SSSR count). The molecule has 0 saturated heterocycles. The van der Waals surface area contributed by atoms with E-state index in [9.17, 15) is 13.2 Å². The summed E-state index contributed by atoms with van der Waals surface area (Å²) in [5, 5.41) is 9.10. The van der Waals surface area contributed by atoms with Crippen LogP contribution in [0.4, 0.5) is 0 Å². The topological polar surface area (TPSA) is 83.5 Å². The zero-order chi connectivity index (χ0) is 15.8. The Labute approximate surface area is 125 Å². The van der Waals surface area contributed by atoms with Gasteiger partial charge in [0.2, 0.25) is 10.0 Å². The van der Waals surface area contributed by atoms with E-state index in [1.165, 1.54) is 12.1 Å². The molecule has 0 radical (unpaired) electrons. The lowest BCUT2D eigenvalue weighted by molar-refractivity contribution is 0.0696. The van der Waals surface area contributed by atoms with E-state index in [4.69, 9.17) is 5.11 Å². The number of carbonyl (C=O) groups is 1. The first kappa shape index (κ1) is 16.0. The minimum atomic E-state index is -3.70. The smallest absolute Gasteiger partial charge is 0.335 e. The maximum atomic E-state index is 12.6. The van der Waals surface area contributed by atoms with Crippen molar-refractivity contribution in [3.63, 3.8) is 0 Å². The molecular weight excluding hydrogens is 290 g/mol. The molecule has 0 aliphatic heterocycles. The van der Waals surface area contributed by atoms with E-state index in [1.54, 1.807) is 13.8 Å². The Morgan fingerprint density at radius 3 is 2.48 bits per heavy atom. The summed E-state index contributed by atoms with van der Waals surface area (Å²) in [6.07, 6.45) is 2.86. The molecule has 2 N–H and O–H groups in total. The zero-order valence-electron chi connectivity index (χ0n) is 12.5. The minimum absolute atomic E-state index is 0.00190. The van der Waals surface area contributed by atoms with E-state index in [2.05, 4.69) is 4.72 Å². The summed E-state index contributed by atoms with van der Waals surface area (Å²) in [4.78, 5) is 11.2. The van der Waals surface area contributed by atoms with Gasteiger partial charge in [-0.15, -0.1) is 0 Å². The van der Waals surface area contributed by atoms with Crippen LogP contribution in [0.25, 0.3) is 0 Å². The third-order valence-electron chi connectivity index (χ3n) is 4.32. The molecule has 1 fully saturated rings. The monoisotopic (exact) mass is 311 g/mol. The number of carboxylic acid groups (broad SMARTS) is 1. The number of hydrogen-bond acceptors (Lipinski definition) is 3. The van der Waals surface area contributed by atoms with Gasteiger partial charge in [-0.2, -0.15) is 0 Å². The normalized spacial score (nSPS) is 22.4. The minimum Gasteiger partial charge on any atom is -0.478 e. The average Bonchev–Trinajstić information content (AvgIpc) is 2.77. The highest BCUT2D eigenvalue weighted by atomic mass is 32.2. The van der Waals surface area contributed by atoms with Crippen LogP contribution in [-0.2, 0) is 10.0 Å². The van der Waals surface area contributed by atoms with Crippen molar-refractivity contribution < 1.29 is 18.3 Å². The van der Waals surface area contributed by atoms with E-state index >= 15 is 0 Å². The third kappa shape index (κ3) is 3.27. The van der Waals surface area contributed by atoms with E-state index < -0.39 is 16.0 Å². The van der Waals surface area contributed by atoms with Gasteiger partial charge in [-0.3, -0.25) is 0 Å². The maximum absolute atomic E-state index is 12.6. The summed E-state index contributed by atoms with van der Waals surface area (Å²) in [6.45, 7) is 5.46. The molecule has 6 heteroatoms. The van der Waals surface area contributed by atoms with Crippen molar-refractivity contribution in [1.29, 1.82) is 0 Å². The summed E-state index contributed by atoms with van der Waals surface area (Å²) >= 11 is 0. The second-order valence-corrected chi connectivity index (χ2v) is 7.54. The molecule has 1 aliphatic carbocycles. The lowest BCUT2D eigenvalue weighted by Crippen LogP contribution is -2.36. The highest BCUT2D eigenvalue weighted by molar-refractivity contribution is 7.89. The number of sulfonamides is 1. The van der Waals surface area contributed by atoms with Crippen molar-refractivity contribution in [3.8, 4) is 0 Å². The van der Waals surface area contributed by atoms with E-state index in [1.807, 2.05) is 6.92 Å². The second kappa shape index (κ2) is 5.77. The van der Waals surface area contributed by atoms with Gasteiger partial charge >= 0.3 is 5.97 Å². The second-order valence-electron chi connectivity index (χ2n) is 5.86. The zero-order valence-corrected chi connectivity index (χ0v) is 13.3. The first-order valence-corrected chi connectivity index (χ1v) is 8.57. The molecule has 0 bridgehead atoms. The number of aryl methyl sites for hydroxylation is 1. The molecule has 116 valence electrons. The highest BCUT2D eigenvalue weighted by Gasteiger charge is 2.29. The summed E-state index contributed by atoms with van der Waals surface area (Å²) < 4.78 is 27.9. The Hall–Kier alpha value is -1.40. The molecule has 0 aromatic heterocycles. The first-order chi connectivity index (χ1) is 9.72. The van der Waals surface area contributed by atoms with Gasteiger partial charge in [0.1, 0.15) is 0 Å². The van der Waals surface area contributed by atoms with E-state index in [0.717, 1.165) is 19.3 Å². The van der Waals surface area contributed by atoms with Gasteiger partial charge in [0.05, 0.1) is 10.5 Å². The average molecular weight is 311 g/mol. The fraction of sp³-hybridized carbons (Fsp3) is 0.533. The molecule has 21 heavy (non-hydrogen) atoms. The molecule has 0 spiro atoms. The van der Waals surface area contributed by atoms with E-state index in [0.29, 0.717) is 17.0 Å². The van der Waals surface area contributed by atoms with Crippen LogP contribution >= 0.6 is 0 Å². The Morgan fingerprint density at radius 2 is 1.95 bits per heavy atom. The molecule has 0 heterocycles. The van der Waals surface area contributed by atoms with Crippen molar-refractivity contribution >= 4 is 16.0 Å². The molecule has 1 saturated carbocycles. The Morgan fingerprint density at radius 1 is 1.29 bits per heavy atom. The largest absolute Gasteiger partial charge is 0.478 e. The summed E-state index contributed by atoms with van der Waals surface area (Å²) in [7, 11) is -3.70. The Balaban J connectivity index is 2.41. The highest BCUT2D eigenvalue weighted by Crippen LogP contribution is 2.28. The Bertz CT molecular complexity index is 666. The van der Waals surface area contributed by atoms with Gasteiger partial charge in [0, 0.05) is 6.04 Å². The quantitative estimate of drug-likeness (QED) is 0.894. The van der Waals surface area contributed by atoms with Crippen molar-refractivity contribution in [1.82, 2.24) is 4.72 Å². The fourth-order valence-corrected chi connectivity index (χ4v) is 4.53. The van der Waals surface area contributed by atoms with Gasteiger partial charge in [-0.1, -0.05) is 13.3 Å². The summed E-state index contributed by atoms with van der Waals surface area (Å²) in [5.74, 6) is -0.812. The van der Waals surface area contributed by atoms with Crippen LogP contribution in [0.3, 0.4) is 0 Å². The Kier molecular flexibility index (Phi) is 4.39. The lowest BCUT2D eigenvalue weighted by Gasteiger charge is -2.19. The SMILES string of the molecule is Cc1cc(C(=O)O)cc(S(=O)(=O)NC2CCCC2C)c1C. The molecular formula is C15H21NO4S. The van der Waals surface area contributed by atoms with Crippen LogP contribution in [0.5, 0.6) is 0 Å². The predicted molar refractivity (Wildman–Crippen MR) is 80.0 cm³/mol. The van der Waals surface area contributed by atoms with Crippen LogP contribution in [0.1, 0.15) is 47.7 Å². The standard InChI is InChI=1S/C15H21NO4S/c1-9-5-4-6-13(9)16-21(19,20)14-8-12(15(17)18)7-10(2)11(14)3/h7-9,13,16H,4-6H2,1-3H3,(H,17,18). The molecule has 1 aromatic carbocycles. The first-order valence-electron chi connectivity index (χ1n) is 7.09. The van der Waals surface area contributed by atoms with Gasteiger partial charge in [-0.25, -0.2) is 17.9 Å². The molecule has 2 unspecified atom stereocenters. The van der Waals surface area contributed by atoms with Crippen LogP contribution in [0.15, 0.2) is 17.0 Å². The van der Waals surface area contributed by atoms with Gasteiger partial charge in [0.25, 0.3) is 0 Å². The maximum Gasteiger partial charge on any atom is 0.335 e. The van der Waals surface area contributed by atoms with Crippen LogP contribution in [-0.4, -0.2) is 25.5 Å². The summed E-state index contributed by atoms with van der Waals surface area (Å²) in [6, 6.07) is 2.67. The van der Waals surface area contributed by atoms with Crippen LogP contribution in [0, 0.1) is 19.8 Å². The lowest BCUT2D eigenvalue weighted by atomic mass is 10.1. The third-order valence-corrected chi connectivity index (χ3v) is 5.94. The van der Waals surface area contributed by atoms with Gasteiger partial charge in [-0.05, 0) is 55.9 Å². The van der Waals surface area contributed by atoms with Crippen LogP contribution in [0.2, 0.25) is 0 Å². The molecule has 5 nitrogen and oxygen atoms in total. The van der Waals surface area contributed by atoms with Crippen molar-refractivity contribution in [3.05, 3.63) is 28.8 Å². The molecule has 1 aromatic rings. The van der Waals surface area contributed by atoms with Crippen molar-refractivity contribution in [2.45, 2.75) is 51.0 Å². The number of hydrogen-bond donors (Lipinski definition) is 2. The number of carboxylic acids is 1. The number of benzene rings is 1. The predicted octanol–water partition coefficient (Wildman–Crippen LogP) is 2.47. The molecule has 1 aliphatic rings. The van der Waals surface area contributed by atoms with E-state index in [-0.39, 0.29) is 16.5 Å². The van der Waals surface area contributed by atoms with Gasteiger partial charge < -0.3 is 5.11 Å².